The lowest BCUT2D eigenvalue weighted by Crippen LogP contribution is -2.61. The first-order valence-electron chi connectivity index (χ1n) is 27.5. The molecule has 0 spiro atoms. The summed E-state index contributed by atoms with van der Waals surface area (Å²) >= 11 is 1.34. The van der Waals surface area contributed by atoms with Crippen molar-refractivity contribution >= 4 is 76.8 Å². The molecule has 0 radical (unpaired) electrons. The molecular formula is C57H82N12O14S. The first-order chi connectivity index (χ1) is 39.7. The fourth-order valence-corrected chi connectivity index (χ4v) is 9.05. The molecule has 0 saturated heterocycles. The number of nitrogens with one attached hydrogen (secondary N) is 8. The first-order valence-corrected chi connectivity index (χ1v) is 28.9. The number of carboxylic acids is 1. The van der Waals surface area contributed by atoms with Gasteiger partial charge < -0.3 is 80.8 Å². The van der Waals surface area contributed by atoms with E-state index in [-0.39, 0.29) is 62.5 Å². The van der Waals surface area contributed by atoms with Crippen LogP contribution in [0.1, 0.15) is 89.3 Å². The average molecular weight is 1190 g/mol. The van der Waals surface area contributed by atoms with Crippen LogP contribution >= 0.6 is 11.8 Å². The smallest absolute Gasteiger partial charge is 0.326 e. The number of carboxylic acid groups (broad SMARTS) is 1. The molecule has 0 fully saturated rings. The van der Waals surface area contributed by atoms with Crippen LogP contribution in [0.5, 0.6) is 11.5 Å². The number of thioether (sulfide) groups is 1. The summed E-state index contributed by atoms with van der Waals surface area (Å²) < 4.78 is 0. The molecule has 460 valence electrons. The molecule has 0 aromatic heterocycles. The zero-order valence-corrected chi connectivity index (χ0v) is 48.7. The second-order valence-corrected chi connectivity index (χ2v) is 22.1. The molecular weight excluding hydrogens is 1110 g/mol. The Morgan fingerprint density at radius 1 is 0.476 bits per heavy atom. The van der Waals surface area contributed by atoms with Gasteiger partial charge >= 0.3 is 5.97 Å². The van der Waals surface area contributed by atoms with Gasteiger partial charge in [-0.3, -0.25) is 47.9 Å². The molecule has 26 nitrogen and oxygen atoms in total. The summed E-state index contributed by atoms with van der Waals surface area (Å²) in [4.78, 5) is 149. The maximum Gasteiger partial charge on any atom is 0.326 e. The minimum atomic E-state index is -1.72. The molecule has 0 saturated carbocycles. The molecule has 10 amide bonds. The molecule has 0 heterocycles. The number of phenols is 2. The lowest BCUT2D eigenvalue weighted by Gasteiger charge is -2.29. The zero-order chi connectivity index (χ0) is 62.6. The van der Waals surface area contributed by atoms with Crippen molar-refractivity contribution in [2.24, 2.45) is 34.8 Å². The van der Waals surface area contributed by atoms with E-state index in [0.29, 0.717) is 35.3 Å². The van der Waals surface area contributed by atoms with E-state index >= 15 is 0 Å². The summed E-state index contributed by atoms with van der Waals surface area (Å²) in [5.41, 5.74) is 23.9. The van der Waals surface area contributed by atoms with E-state index in [4.69, 9.17) is 22.9 Å². The normalized spacial score (nSPS) is 14.3. The predicted molar refractivity (Wildman–Crippen MR) is 313 cm³/mol. The van der Waals surface area contributed by atoms with Gasteiger partial charge in [-0.1, -0.05) is 82.3 Å². The quantitative estimate of drug-likeness (QED) is 0.0300. The van der Waals surface area contributed by atoms with E-state index in [9.17, 15) is 68.1 Å². The molecule has 0 unspecified atom stereocenters. The van der Waals surface area contributed by atoms with E-state index in [1.807, 2.05) is 0 Å². The monoisotopic (exact) mass is 1190 g/mol. The van der Waals surface area contributed by atoms with Crippen LogP contribution in [0, 0.1) is 11.8 Å². The lowest BCUT2D eigenvalue weighted by molar-refractivity contribution is -0.143. The highest BCUT2D eigenvalue weighted by Gasteiger charge is 2.36. The molecule has 0 aliphatic heterocycles. The number of phenolic OH excluding ortho intramolecular Hbond substituents is 2. The number of aromatic hydroxyl groups is 2. The van der Waals surface area contributed by atoms with E-state index in [0.717, 1.165) is 0 Å². The Balaban J connectivity index is 2.00. The number of hydrogen-bond donors (Lipinski definition) is 15. The summed E-state index contributed by atoms with van der Waals surface area (Å²) in [6, 6.07) is 6.98. The van der Waals surface area contributed by atoms with Gasteiger partial charge in [0.2, 0.25) is 59.1 Å². The minimum absolute atomic E-state index is 0.00122. The van der Waals surface area contributed by atoms with Crippen LogP contribution < -0.4 is 65.5 Å². The molecule has 3 aromatic carbocycles. The van der Waals surface area contributed by atoms with Crippen molar-refractivity contribution in [1.29, 1.82) is 0 Å². The predicted octanol–water partition coefficient (Wildman–Crippen LogP) is -1.25. The van der Waals surface area contributed by atoms with Gasteiger partial charge in [0, 0.05) is 19.3 Å². The molecule has 0 aliphatic rings. The van der Waals surface area contributed by atoms with Gasteiger partial charge in [-0.05, 0) is 103 Å². The Hall–Kier alpha value is -8.30. The minimum Gasteiger partial charge on any atom is -0.508 e. The van der Waals surface area contributed by atoms with Gasteiger partial charge in [-0.15, -0.1) is 0 Å². The highest BCUT2D eigenvalue weighted by molar-refractivity contribution is 7.98. The third-order valence-electron chi connectivity index (χ3n) is 13.1. The maximum atomic E-state index is 14.7. The molecule has 84 heavy (non-hydrogen) atoms. The molecule has 9 atom stereocenters. The Bertz CT molecular complexity index is 2700. The van der Waals surface area contributed by atoms with Gasteiger partial charge in [0.15, 0.2) is 0 Å². The van der Waals surface area contributed by atoms with Crippen LogP contribution in [0.2, 0.25) is 0 Å². The van der Waals surface area contributed by atoms with Crippen molar-refractivity contribution in [2.75, 3.05) is 18.6 Å². The fraction of sp³-hybridized carbons (Fsp3) is 0.491. The number of unbranched alkanes of at least 4 members (excludes halogenated alkanes) is 1. The Kier molecular flexibility index (Phi) is 29.7. The molecule has 0 aliphatic carbocycles. The Morgan fingerprint density at radius 3 is 1.27 bits per heavy atom. The molecule has 0 bridgehead atoms. The summed E-state index contributed by atoms with van der Waals surface area (Å²) in [7, 11) is 0. The van der Waals surface area contributed by atoms with Crippen molar-refractivity contribution in [3.05, 3.63) is 95.6 Å². The van der Waals surface area contributed by atoms with Crippen molar-refractivity contribution in [1.82, 2.24) is 42.5 Å². The van der Waals surface area contributed by atoms with Crippen LogP contribution in [0.15, 0.2) is 78.9 Å². The van der Waals surface area contributed by atoms with E-state index in [1.165, 1.54) is 74.1 Å². The maximum absolute atomic E-state index is 14.7. The number of primary amides is 2. The van der Waals surface area contributed by atoms with Crippen LogP contribution in [0.4, 0.5) is 0 Å². The van der Waals surface area contributed by atoms with Crippen molar-refractivity contribution < 1.29 is 68.1 Å². The van der Waals surface area contributed by atoms with E-state index in [2.05, 4.69) is 42.5 Å². The zero-order valence-electron chi connectivity index (χ0n) is 47.9. The highest BCUT2D eigenvalue weighted by atomic mass is 32.2. The van der Waals surface area contributed by atoms with Crippen LogP contribution in [0.3, 0.4) is 0 Å². The number of hydrogen-bond acceptors (Lipinski definition) is 16. The lowest BCUT2D eigenvalue weighted by atomic mass is 10.00. The largest absolute Gasteiger partial charge is 0.508 e. The fourth-order valence-electron chi connectivity index (χ4n) is 8.58. The van der Waals surface area contributed by atoms with Gasteiger partial charge in [0.05, 0.1) is 18.9 Å². The Labute approximate surface area is 492 Å². The average Bonchev–Trinajstić information content (AvgIpc) is 3.63. The number of benzene rings is 3. The number of rotatable bonds is 37. The summed E-state index contributed by atoms with van der Waals surface area (Å²) in [6.45, 7) is 6.90. The second kappa shape index (κ2) is 35.6. The van der Waals surface area contributed by atoms with Crippen molar-refractivity contribution in [3.8, 4) is 11.5 Å². The molecule has 19 N–H and O–H groups in total. The summed E-state index contributed by atoms with van der Waals surface area (Å²) in [6.07, 6.45) is 0.792. The number of carbonyl (C=O) groups excluding carboxylic acids is 10. The van der Waals surface area contributed by atoms with Crippen LogP contribution in [0.25, 0.3) is 0 Å². The first kappa shape index (κ1) is 70.0. The number of nitrogens with two attached hydrogens (primary N) is 4. The van der Waals surface area contributed by atoms with Gasteiger partial charge in [0.25, 0.3) is 0 Å². The SMILES string of the molecule is CSCC[C@H](NC(=O)[C@H](CC(C)C)NC(=O)[C@H](CCCCN)NC(=O)[C@H](Cc1ccccc1)NC(=O)[C@@H](N)CC(N)=O)C(=O)N[C@@H](Cc1ccc(O)cc1)C(=O)N[C@@H](Cc1ccc(O)cc1)C(=O)N[C@@H](CC(N)=O)C(=O)N[C@H](C(=O)O)C(C)C. The van der Waals surface area contributed by atoms with E-state index in [1.54, 1.807) is 50.4 Å². The molecule has 27 heteroatoms. The second-order valence-electron chi connectivity index (χ2n) is 21.1. The number of aliphatic carboxylic acids is 1. The Morgan fingerprint density at radius 2 is 0.857 bits per heavy atom. The van der Waals surface area contributed by atoms with Gasteiger partial charge in [0.1, 0.15) is 59.8 Å². The van der Waals surface area contributed by atoms with Crippen molar-refractivity contribution in [3.63, 3.8) is 0 Å². The molecule has 3 aromatic rings. The van der Waals surface area contributed by atoms with E-state index < -0.39 is 138 Å². The highest BCUT2D eigenvalue weighted by Crippen LogP contribution is 2.17. The topological polar surface area (TPSA) is 449 Å². The molecule has 3 rings (SSSR count). The number of carbonyl (C=O) groups is 11. The van der Waals surface area contributed by atoms with Crippen LogP contribution in [-0.4, -0.2) is 153 Å². The van der Waals surface area contributed by atoms with Crippen LogP contribution in [-0.2, 0) is 72.0 Å². The third-order valence-corrected chi connectivity index (χ3v) is 13.8. The van der Waals surface area contributed by atoms with Gasteiger partial charge in [-0.25, -0.2) is 4.79 Å². The summed E-state index contributed by atoms with van der Waals surface area (Å²) in [5.74, 6) is -11.2. The standard InChI is InChI=1S/C57H82N12O14S/c1-31(2)25-41(65-50(75)39(13-9-10-23-58)62-53(78)42(26-33-11-7-6-8-12-33)64-49(74)38(59)29-46(60)72)52(77)63-40(22-24-84-5)51(76)66-43(27-34-14-18-36(70)19-15-34)54(79)67-44(28-35-16-20-37(71)21-17-35)55(80)68-45(30-47(61)73)56(81)69-48(32(3)4)57(82)83/h6-8,11-12,14-21,31-32,38-45,48,70-71H,9-10,13,22-30,58-59H2,1-5H3,(H2,60,72)(H2,61,73)(H,62,78)(H,63,77)(H,64,74)(H,65,75)(H,66,76)(H,67,79)(H,68,80)(H,69,81)(H,82,83)/t38-,39-,40-,41-,42-,43-,44-,45-,48-/m0/s1. The third kappa shape index (κ3) is 25.0. The summed E-state index contributed by atoms with van der Waals surface area (Å²) in [5, 5.41) is 50.6. The number of amides is 10. The van der Waals surface area contributed by atoms with Crippen molar-refractivity contribution in [2.45, 2.75) is 146 Å². The van der Waals surface area contributed by atoms with Gasteiger partial charge in [-0.2, -0.15) is 11.8 Å².